The summed E-state index contributed by atoms with van der Waals surface area (Å²) in [4.78, 5) is 23.4. The summed E-state index contributed by atoms with van der Waals surface area (Å²) in [6.07, 6.45) is 2.58. The van der Waals surface area contributed by atoms with E-state index in [-0.39, 0.29) is 18.0 Å². The molecular weight excluding hydrogens is 332 g/mol. The second kappa shape index (κ2) is 7.59. The van der Waals surface area contributed by atoms with Gasteiger partial charge in [0.05, 0.1) is 28.7 Å². The lowest BCUT2D eigenvalue weighted by atomic mass is 9.86. The zero-order valence-corrected chi connectivity index (χ0v) is 15.0. The van der Waals surface area contributed by atoms with Gasteiger partial charge in [0.1, 0.15) is 0 Å². The Morgan fingerprint density at radius 1 is 1.12 bits per heavy atom. The van der Waals surface area contributed by atoms with Crippen molar-refractivity contribution >= 4 is 17.7 Å². The van der Waals surface area contributed by atoms with Crippen molar-refractivity contribution in [2.24, 2.45) is 5.92 Å². The molecule has 26 heavy (non-hydrogen) atoms. The summed E-state index contributed by atoms with van der Waals surface area (Å²) >= 11 is 0. The van der Waals surface area contributed by atoms with Crippen LogP contribution in [0.3, 0.4) is 0 Å². The van der Waals surface area contributed by atoms with E-state index < -0.39 is 5.97 Å². The minimum absolute atomic E-state index is 0.00961. The molecule has 1 aliphatic carbocycles. The lowest BCUT2D eigenvalue weighted by molar-refractivity contribution is -0.142. The lowest BCUT2D eigenvalue weighted by Gasteiger charge is -2.26. The summed E-state index contributed by atoms with van der Waals surface area (Å²) in [6.45, 7) is 3.78. The number of nitrogens with zero attached hydrogens (tertiary/aromatic N) is 2. The molecule has 1 aliphatic rings. The van der Waals surface area contributed by atoms with Crippen LogP contribution in [0.25, 0.3) is 5.69 Å². The van der Waals surface area contributed by atoms with Crippen molar-refractivity contribution in [3.05, 3.63) is 41.7 Å². The van der Waals surface area contributed by atoms with Crippen molar-refractivity contribution < 1.29 is 14.7 Å². The Morgan fingerprint density at radius 3 is 2.38 bits per heavy atom. The average Bonchev–Trinajstić information content (AvgIpc) is 2.91. The molecule has 3 N–H and O–H groups in total. The number of rotatable bonds is 4. The summed E-state index contributed by atoms with van der Waals surface area (Å²) in [5.74, 6) is -1.03. The number of urea groups is 1. The van der Waals surface area contributed by atoms with Crippen LogP contribution in [0.4, 0.5) is 10.5 Å². The number of hydrogen-bond acceptors (Lipinski definition) is 3. The van der Waals surface area contributed by atoms with Gasteiger partial charge < -0.3 is 15.7 Å². The molecule has 138 valence electrons. The number of anilines is 1. The van der Waals surface area contributed by atoms with Crippen LogP contribution in [0.15, 0.2) is 30.3 Å². The fourth-order valence-corrected chi connectivity index (χ4v) is 3.46. The number of benzene rings is 1. The van der Waals surface area contributed by atoms with Gasteiger partial charge in [-0.15, -0.1) is 0 Å². The molecule has 1 saturated carbocycles. The molecule has 3 rings (SSSR count). The zero-order valence-electron chi connectivity index (χ0n) is 15.0. The minimum atomic E-state index is -0.743. The van der Waals surface area contributed by atoms with E-state index in [0.717, 1.165) is 17.1 Å². The maximum Gasteiger partial charge on any atom is 0.319 e. The van der Waals surface area contributed by atoms with Crippen LogP contribution in [-0.4, -0.2) is 32.9 Å². The number of hydrogen-bond donors (Lipinski definition) is 3. The second-order valence-corrected chi connectivity index (χ2v) is 6.78. The van der Waals surface area contributed by atoms with Gasteiger partial charge in [-0.2, -0.15) is 5.10 Å². The SMILES string of the molecule is Cc1nn(-c2ccccc2)c(C)c1NC(=O)NC1CCC(C(=O)O)CC1. The molecule has 7 nitrogen and oxygen atoms in total. The van der Waals surface area contributed by atoms with E-state index in [1.54, 1.807) is 0 Å². The Kier molecular flexibility index (Phi) is 5.25. The highest BCUT2D eigenvalue weighted by molar-refractivity contribution is 5.90. The third-order valence-electron chi connectivity index (χ3n) is 4.94. The van der Waals surface area contributed by atoms with E-state index in [1.165, 1.54) is 0 Å². The maximum atomic E-state index is 12.4. The Morgan fingerprint density at radius 2 is 1.77 bits per heavy atom. The van der Waals surface area contributed by atoms with Gasteiger partial charge in [-0.25, -0.2) is 9.48 Å². The molecule has 1 fully saturated rings. The first-order chi connectivity index (χ1) is 12.5. The smallest absolute Gasteiger partial charge is 0.319 e. The van der Waals surface area contributed by atoms with E-state index in [9.17, 15) is 9.59 Å². The number of aromatic nitrogens is 2. The topological polar surface area (TPSA) is 96.3 Å². The van der Waals surface area contributed by atoms with E-state index in [0.29, 0.717) is 31.4 Å². The van der Waals surface area contributed by atoms with Gasteiger partial charge in [-0.3, -0.25) is 4.79 Å². The van der Waals surface area contributed by atoms with Crippen molar-refractivity contribution in [3.8, 4) is 5.69 Å². The molecule has 0 radical (unpaired) electrons. The molecule has 7 heteroatoms. The number of nitrogens with one attached hydrogen (secondary N) is 2. The quantitative estimate of drug-likeness (QED) is 0.783. The Bertz CT molecular complexity index is 793. The number of amides is 2. The molecule has 1 heterocycles. The fraction of sp³-hybridized carbons (Fsp3) is 0.421. The predicted octanol–water partition coefficient (Wildman–Crippen LogP) is 3.25. The van der Waals surface area contributed by atoms with Crippen molar-refractivity contribution in [2.45, 2.75) is 45.6 Å². The first kappa shape index (κ1) is 18.0. The summed E-state index contributed by atoms with van der Waals surface area (Å²) in [7, 11) is 0. The van der Waals surface area contributed by atoms with E-state index in [2.05, 4.69) is 15.7 Å². The number of aliphatic carboxylic acids is 1. The maximum absolute atomic E-state index is 12.4. The molecule has 0 unspecified atom stereocenters. The normalized spacial score (nSPS) is 19.8. The van der Waals surface area contributed by atoms with Gasteiger partial charge in [0.2, 0.25) is 0 Å². The molecule has 2 amide bonds. The Balaban J connectivity index is 1.63. The summed E-state index contributed by atoms with van der Waals surface area (Å²) in [5.41, 5.74) is 3.24. The predicted molar refractivity (Wildman–Crippen MR) is 98.6 cm³/mol. The zero-order chi connectivity index (χ0) is 18.7. The Labute approximate surface area is 152 Å². The molecule has 0 atom stereocenters. The summed E-state index contributed by atoms with van der Waals surface area (Å²) in [6, 6.07) is 9.49. The van der Waals surface area contributed by atoms with Crippen LogP contribution in [0, 0.1) is 19.8 Å². The third kappa shape index (κ3) is 3.87. The molecule has 1 aromatic heterocycles. The highest BCUT2D eigenvalue weighted by Crippen LogP contribution is 2.25. The van der Waals surface area contributed by atoms with Crippen LogP contribution in [-0.2, 0) is 4.79 Å². The summed E-state index contributed by atoms with van der Waals surface area (Å²) in [5, 5.41) is 19.4. The number of para-hydroxylation sites is 1. The minimum Gasteiger partial charge on any atom is -0.481 e. The van der Waals surface area contributed by atoms with Gasteiger partial charge in [0.25, 0.3) is 0 Å². The van der Waals surface area contributed by atoms with E-state index in [1.807, 2.05) is 48.9 Å². The lowest BCUT2D eigenvalue weighted by Crippen LogP contribution is -2.41. The number of carbonyl (C=O) groups excluding carboxylic acids is 1. The standard InChI is InChI=1S/C19H24N4O3/c1-12-17(13(2)23(22-12)16-6-4-3-5-7-16)21-19(26)20-15-10-8-14(9-11-15)18(24)25/h3-7,14-15H,8-11H2,1-2H3,(H,24,25)(H2,20,21,26). The molecule has 0 saturated heterocycles. The first-order valence-electron chi connectivity index (χ1n) is 8.87. The fourth-order valence-electron chi connectivity index (χ4n) is 3.46. The van der Waals surface area contributed by atoms with Crippen LogP contribution in [0.1, 0.15) is 37.1 Å². The second-order valence-electron chi connectivity index (χ2n) is 6.78. The number of carbonyl (C=O) groups is 2. The molecular formula is C19H24N4O3. The number of carboxylic acid groups (broad SMARTS) is 1. The van der Waals surface area contributed by atoms with Gasteiger partial charge in [-0.05, 0) is 51.7 Å². The van der Waals surface area contributed by atoms with Gasteiger partial charge in [0, 0.05) is 6.04 Å². The van der Waals surface area contributed by atoms with Crippen molar-refractivity contribution in [3.63, 3.8) is 0 Å². The highest BCUT2D eigenvalue weighted by Gasteiger charge is 2.27. The van der Waals surface area contributed by atoms with E-state index >= 15 is 0 Å². The Hall–Kier alpha value is -2.83. The first-order valence-corrected chi connectivity index (χ1v) is 8.87. The molecule has 0 aliphatic heterocycles. The van der Waals surface area contributed by atoms with Crippen LogP contribution < -0.4 is 10.6 Å². The van der Waals surface area contributed by atoms with Crippen LogP contribution in [0.5, 0.6) is 0 Å². The van der Waals surface area contributed by atoms with Gasteiger partial charge in [-0.1, -0.05) is 18.2 Å². The monoisotopic (exact) mass is 356 g/mol. The van der Waals surface area contributed by atoms with Crippen molar-refractivity contribution in [1.29, 1.82) is 0 Å². The van der Waals surface area contributed by atoms with Crippen molar-refractivity contribution in [1.82, 2.24) is 15.1 Å². The molecule has 0 spiro atoms. The third-order valence-corrected chi connectivity index (χ3v) is 4.94. The van der Waals surface area contributed by atoms with Crippen molar-refractivity contribution in [2.75, 3.05) is 5.32 Å². The average molecular weight is 356 g/mol. The van der Waals surface area contributed by atoms with Crippen LogP contribution >= 0.6 is 0 Å². The molecule has 1 aromatic carbocycles. The largest absolute Gasteiger partial charge is 0.481 e. The number of aryl methyl sites for hydroxylation is 1. The highest BCUT2D eigenvalue weighted by atomic mass is 16.4. The van der Waals surface area contributed by atoms with Crippen LogP contribution in [0.2, 0.25) is 0 Å². The summed E-state index contributed by atoms with van der Waals surface area (Å²) < 4.78 is 1.81. The van der Waals surface area contributed by atoms with E-state index in [4.69, 9.17) is 5.11 Å². The number of carboxylic acids is 1. The molecule has 2 aromatic rings. The molecule has 0 bridgehead atoms. The van der Waals surface area contributed by atoms with Gasteiger partial charge >= 0.3 is 12.0 Å². The van der Waals surface area contributed by atoms with Gasteiger partial charge in [0.15, 0.2) is 0 Å².